The van der Waals surface area contributed by atoms with Crippen LogP contribution in [0.4, 0.5) is 5.69 Å². The van der Waals surface area contributed by atoms with Gasteiger partial charge in [0.25, 0.3) is 5.91 Å². The van der Waals surface area contributed by atoms with Crippen LogP contribution in [-0.2, 0) is 0 Å². The molecule has 4 nitrogen and oxygen atoms in total. The minimum Gasteiger partial charge on any atom is -0.508 e. The van der Waals surface area contributed by atoms with Crippen LogP contribution < -0.4 is 5.32 Å². The molecule has 0 aliphatic heterocycles. The molecule has 1 heterocycles. The highest BCUT2D eigenvalue weighted by Gasteiger charge is 2.12. The Hall–Kier alpha value is -2.23. The van der Waals surface area contributed by atoms with Crippen LogP contribution in [0.5, 0.6) is 5.75 Å². The molecule has 0 aliphatic rings. The Kier molecular flexibility index (Phi) is 2.64. The average Bonchev–Trinajstić information content (AvgIpc) is 2.64. The first-order chi connectivity index (χ1) is 7.66. The van der Waals surface area contributed by atoms with E-state index < -0.39 is 0 Å². The number of rotatable bonds is 2. The van der Waals surface area contributed by atoms with E-state index >= 15 is 0 Å². The lowest BCUT2D eigenvalue weighted by Gasteiger charge is -2.03. The summed E-state index contributed by atoms with van der Waals surface area (Å²) in [6.45, 7) is 1.79. The molecule has 1 aromatic heterocycles. The molecule has 0 bridgehead atoms. The van der Waals surface area contributed by atoms with E-state index in [1.807, 2.05) is 0 Å². The summed E-state index contributed by atoms with van der Waals surface area (Å²) in [4.78, 5) is 11.7. The molecule has 0 saturated carbocycles. The van der Waals surface area contributed by atoms with Crippen molar-refractivity contribution >= 4 is 11.6 Å². The summed E-state index contributed by atoms with van der Waals surface area (Å²) in [6.07, 6.45) is 1.46. The zero-order valence-corrected chi connectivity index (χ0v) is 8.73. The van der Waals surface area contributed by atoms with Gasteiger partial charge in [-0.3, -0.25) is 4.79 Å². The zero-order chi connectivity index (χ0) is 11.5. The van der Waals surface area contributed by atoms with Crippen LogP contribution in [-0.4, -0.2) is 11.0 Å². The van der Waals surface area contributed by atoms with Crippen molar-refractivity contribution in [1.82, 2.24) is 0 Å². The third-order valence-corrected chi connectivity index (χ3v) is 2.17. The molecule has 0 radical (unpaired) electrons. The number of nitrogens with one attached hydrogen (secondary N) is 1. The largest absolute Gasteiger partial charge is 0.508 e. The van der Waals surface area contributed by atoms with Gasteiger partial charge in [0.2, 0.25) is 0 Å². The molecule has 0 spiro atoms. The van der Waals surface area contributed by atoms with Crippen LogP contribution in [0.15, 0.2) is 41.0 Å². The molecule has 0 saturated heterocycles. The van der Waals surface area contributed by atoms with Crippen molar-refractivity contribution in [2.45, 2.75) is 6.92 Å². The van der Waals surface area contributed by atoms with Crippen molar-refractivity contribution in [1.29, 1.82) is 0 Å². The number of aryl methyl sites for hydroxylation is 1. The quantitative estimate of drug-likeness (QED) is 0.812. The number of phenolic OH excluding ortho intramolecular Hbond substituents is 1. The lowest BCUT2D eigenvalue weighted by Crippen LogP contribution is -2.11. The molecule has 16 heavy (non-hydrogen) atoms. The Labute approximate surface area is 92.5 Å². The molecule has 2 rings (SSSR count). The smallest absolute Gasteiger partial charge is 0.291 e. The SMILES string of the molecule is Cc1ccoc1C(=O)Nc1cccc(O)c1. The predicted octanol–water partition coefficient (Wildman–Crippen LogP) is 2.55. The number of phenols is 1. The van der Waals surface area contributed by atoms with Gasteiger partial charge in [-0.15, -0.1) is 0 Å². The zero-order valence-electron chi connectivity index (χ0n) is 8.73. The predicted molar refractivity (Wildman–Crippen MR) is 59.5 cm³/mol. The fraction of sp³-hybridized carbons (Fsp3) is 0.0833. The molecule has 0 atom stereocenters. The van der Waals surface area contributed by atoms with Crippen LogP contribution in [0.25, 0.3) is 0 Å². The van der Waals surface area contributed by atoms with Gasteiger partial charge in [-0.25, -0.2) is 0 Å². The van der Waals surface area contributed by atoms with Crippen LogP contribution >= 0.6 is 0 Å². The van der Waals surface area contributed by atoms with Gasteiger partial charge in [0.05, 0.1) is 6.26 Å². The maximum atomic E-state index is 11.7. The van der Waals surface area contributed by atoms with Gasteiger partial charge >= 0.3 is 0 Å². The maximum Gasteiger partial charge on any atom is 0.291 e. The fourth-order valence-electron chi connectivity index (χ4n) is 1.38. The highest BCUT2D eigenvalue weighted by atomic mass is 16.3. The second-order valence-corrected chi connectivity index (χ2v) is 3.44. The van der Waals surface area contributed by atoms with Gasteiger partial charge in [-0.1, -0.05) is 6.07 Å². The van der Waals surface area contributed by atoms with Crippen LogP contribution in [0.2, 0.25) is 0 Å². The molecule has 1 aromatic carbocycles. The van der Waals surface area contributed by atoms with Crippen LogP contribution in [0, 0.1) is 6.92 Å². The first kappa shape index (κ1) is 10.3. The number of aromatic hydroxyl groups is 1. The Morgan fingerprint density at radius 2 is 2.19 bits per heavy atom. The molecule has 0 aliphatic carbocycles. The van der Waals surface area contributed by atoms with E-state index in [9.17, 15) is 9.90 Å². The van der Waals surface area contributed by atoms with E-state index in [1.54, 1.807) is 25.1 Å². The van der Waals surface area contributed by atoms with Crippen molar-refractivity contribution in [3.8, 4) is 5.75 Å². The Morgan fingerprint density at radius 1 is 1.38 bits per heavy atom. The monoisotopic (exact) mass is 217 g/mol. The number of benzene rings is 1. The van der Waals surface area contributed by atoms with Crippen LogP contribution in [0.1, 0.15) is 16.1 Å². The summed E-state index contributed by atoms with van der Waals surface area (Å²) in [5.41, 5.74) is 1.30. The second-order valence-electron chi connectivity index (χ2n) is 3.44. The third-order valence-electron chi connectivity index (χ3n) is 2.17. The van der Waals surface area contributed by atoms with Crippen LogP contribution in [0.3, 0.4) is 0 Å². The number of hydrogen-bond donors (Lipinski definition) is 2. The summed E-state index contributed by atoms with van der Waals surface area (Å²) < 4.78 is 5.05. The van der Waals surface area contributed by atoms with E-state index in [-0.39, 0.29) is 17.4 Å². The molecule has 4 heteroatoms. The maximum absolute atomic E-state index is 11.7. The van der Waals surface area contributed by atoms with Crippen molar-refractivity contribution in [3.63, 3.8) is 0 Å². The van der Waals surface area contributed by atoms with E-state index in [0.29, 0.717) is 5.69 Å². The van der Waals surface area contributed by atoms with Crippen molar-refractivity contribution in [2.75, 3.05) is 5.32 Å². The van der Waals surface area contributed by atoms with Gasteiger partial charge in [0, 0.05) is 17.3 Å². The van der Waals surface area contributed by atoms with Crippen molar-refractivity contribution < 1.29 is 14.3 Å². The van der Waals surface area contributed by atoms with Gasteiger partial charge in [0.1, 0.15) is 5.75 Å². The average molecular weight is 217 g/mol. The molecule has 2 aromatic rings. The van der Waals surface area contributed by atoms with Gasteiger partial charge in [-0.2, -0.15) is 0 Å². The molecule has 2 N–H and O–H groups in total. The summed E-state index contributed by atoms with van der Waals surface area (Å²) in [7, 11) is 0. The Bertz CT molecular complexity index is 516. The van der Waals surface area contributed by atoms with E-state index in [1.165, 1.54) is 18.4 Å². The molecule has 82 valence electrons. The molecule has 0 unspecified atom stereocenters. The lowest BCUT2D eigenvalue weighted by molar-refractivity contribution is 0.0996. The highest BCUT2D eigenvalue weighted by Crippen LogP contribution is 2.17. The highest BCUT2D eigenvalue weighted by molar-refractivity contribution is 6.03. The van der Waals surface area contributed by atoms with E-state index in [4.69, 9.17) is 4.42 Å². The van der Waals surface area contributed by atoms with Crippen molar-refractivity contribution in [2.24, 2.45) is 0 Å². The van der Waals surface area contributed by atoms with Crippen molar-refractivity contribution in [3.05, 3.63) is 47.9 Å². The molecule has 1 amide bonds. The van der Waals surface area contributed by atoms with E-state index in [0.717, 1.165) is 5.56 Å². The first-order valence-corrected chi connectivity index (χ1v) is 4.81. The topological polar surface area (TPSA) is 62.5 Å². The van der Waals surface area contributed by atoms with Gasteiger partial charge < -0.3 is 14.8 Å². The minimum absolute atomic E-state index is 0.106. The summed E-state index contributed by atoms with van der Waals surface area (Å²) >= 11 is 0. The summed E-state index contributed by atoms with van der Waals surface area (Å²) in [6, 6.07) is 8.07. The second kappa shape index (κ2) is 4.10. The fourth-order valence-corrected chi connectivity index (χ4v) is 1.38. The third kappa shape index (κ3) is 2.06. The van der Waals surface area contributed by atoms with Gasteiger partial charge in [-0.05, 0) is 25.1 Å². The van der Waals surface area contributed by atoms with Gasteiger partial charge in [0.15, 0.2) is 5.76 Å². The normalized spacial score (nSPS) is 10.1. The number of furan rings is 1. The summed E-state index contributed by atoms with van der Waals surface area (Å²) in [5, 5.41) is 11.9. The first-order valence-electron chi connectivity index (χ1n) is 4.81. The Morgan fingerprint density at radius 3 is 2.81 bits per heavy atom. The lowest BCUT2D eigenvalue weighted by atomic mass is 10.2. The molecule has 0 fully saturated rings. The molecular weight excluding hydrogens is 206 g/mol. The molecular formula is C12H11NO3. The summed E-state index contributed by atoms with van der Waals surface area (Å²) in [5.74, 6) is 0.0606. The minimum atomic E-state index is -0.326. The number of carbonyl (C=O) groups is 1. The van der Waals surface area contributed by atoms with E-state index in [2.05, 4.69) is 5.32 Å². The number of hydrogen-bond acceptors (Lipinski definition) is 3. The number of anilines is 1. The standard InChI is InChI=1S/C12H11NO3/c1-8-5-6-16-11(8)12(15)13-9-3-2-4-10(14)7-9/h2-7,14H,1H3,(H,13,15). The Balaban J connectivity index is 2.17. The number of amides is 1. The number of carbonyl (C=O) groups excluding carboxylic acids is 1.